The van der Waals surface area contributed by atoms with Crippen molar-refractivity contribution in [1.29, 1.82) is 0 Å². The lowest BCUT2D eigenvalue weighted by Gasteiger charge is -2.24. The minimum absolute atomic E-state index is 0.206. The van der Waals surface area contributed by atoms with Crippen LogP contribution in [0.4, 0.5) is 0 Å². The van der Waals surface area contributed by atoms with Crippen molar-refractivity contribution in [2.24, 2.45) is 5.10 Å². The highest BCUT2D eigenvalue weighted by Crippen LogP contribution is 2.17. The summed E-state index contributed by atoms with van der Waals surface area (Å²) in [7, 11) is -3.43. The predicted molar refractivity (Wildman–Crippen MR) is 112 cm³/mol. The Kier molecular flexibility index (Phi) is 7.36. The van der Waals surface area contributed by atoms with Crippen LogP contribution in [-0.4, -0.2) is 69.0 Å². The van der Waals surface area contributed by atoms with Crippen LogP contribution in [-0.2, 0) is 14.8 Å². The second-order valence-electron chi connectivity index (χ2n) is 6.95. The van der Waals surface area contributed by atoms with Gasteiger partial charge in [0.1, 0.15) is 0 Å². The number of benzene rings is 1. The molecule has 0 amide bonds. The lowest BCUT2D eigenvalue weighted by atomic mass is 10.1. The molecular formula is C18H28N5O3S2+. The molecule has 2 aliphatic heterocycles. The number of thiocarbonyl (C=S) groups is 1. The monoisotopic (exact) mass is 426 g/mol. The molecule has 1 aromatic rings. The summed E-state index contributed by atoms with van der Waals surface area (Å²) in [6, 6.07) is 6.81. The zero-order chi connectivity index (χ0) is 20.0. The Bertz CT molecular complexity index is 799. The second kappa shape index (κ2) is 9.75. The highest BCUT2D eigenvalue weighted by molar-refractivity contribution is 7.89. The lowest BCUT2D eigenvalue weighted by molar-refractivity contribution is -0.661. The molecule has 0 spiro atoms. The summed E-state index contributed by atoms with van der Waals surface area (Å²) in [5, 5.41) is 9.94. The van der Waals surface area contributed by atoms with Gasteiger partial charge in [0.05, 0.1) is 42.9 Å². The van der Waals surface area contributed by atoms with Crippen molar-refractivity contribution in [3.63, 3.8) is 0 Å². The van der Waals surface area contributed by atoms with Crippen molar-refractivity contribution in [2.75, 3.05) is 39.3 Å². The zero-order valence-corrected chi connectivity index (χ0v) is 17.7. The number of nitrogens with two attached hydrogens (primary N) is 1. The van der Waals surface area contributed by atoms with Crippen LogP contribution < -0.4 is 16.1 Å². The van der Waals surface area contributed by atoms with Gasteiger partial charge in [0.2, 0.25) is 10.0 Å². The Hall–Kier alpha value is -1.59. The third-order valence-corrected chi connectivity index (χ3v) is 7.06. The molecule has 2 aliphatic rings. The maximum atomic E-state index is 12.7. The fourth-order valence-electron chi connectivity index (χ4n) is 3.23. The molecule has 1 aromatic carbocycles. The fourth-order valence-corrected chi connectivity index (χ4v) is 4.83. The molecule has 0 radical (unpaired) electrons. The summed E-state index contributed by atoms with van der Waals surface area (Å²) in [6.07, 6.45) is 2.34. The maximum absolute atomic E-state index is 12.7. The van der Waals surface area contributed by atoms with E-state index in [1.54, 1.807) is 28.6 Å². The molecule has 0 aromatic heterocycles. The summed E-state index contributed by atoms with van der Waals surface area (Å²) in [4.78, 5) is 0.313. The quantitative estimate of drug-likeness (QED) is 0.326. The Morgan fingerprint density at radius 3 is 2.68 bits per heavy atom. The van der Waals surface area contributed by atoms with E-state index >= 15 is 0 Å². The third kappa shape index (κ3) is 5.48. The van der Waals surface area contributed by atoms with Gasteiger partial charge in [0.25, 0.3) is 0 Å². The molecule has 3 rings (SSSR count). The SMILES string of the molecule is C/C(=N/NC(=S)NC[C@@H]1CCCO1)c1ccc(S(=O)(=O)N2CC[NH2+]CC2)cc1. The van der Waals surface area contributed by atoms with E-state index in [9.17, 15) is 8.42 Å². The van der Waals surface area contributed by atoms with E-state index in [0.717, 1.165) is 43.8 Å². The number of hydrogen-bond donors (Lipinski definition) is 3. The first-order chi connectivity index (χ1) is 13.5. The van der Waals surface area contributed by atoms with Crippen LogP contribution in [0.25, 0.3) is 0 Å². The summed E-state index contributed by atoms with van der Waals surface area (Å²) < 4.78 is 32.5. The number of rotatable bonds is 6. The van der Waals surface area contributed by atoms with Crippen molar-refractivity contribution in [3.8, 4) is 0 Å². The highest BCUT2D eigenvalue weighted by Gasteiger charge is 2.27. The Morgan fingerprint density at radius 1 is 1.32 bits per heavy atom. The largest absolute Gasteiger partial charge is 0.376 e. The van der Waals surface area contributed by atoms with Crippen LogP contribution in [0, 0.1) is 0 Å². The van der Waals surface area contributed by atoms with Gasteiger partial charge in [0, 0.05) is 13.2 Å². The van der Waals surface area contributed by atoms with Crippen molar-refractivity contribution in [3.05, 3.63) is 29.8 Å². The first kappa shape index (κ1) is 21.1. The maximum Gasteiger partial charge on any atom is 0.243 e. The zero-order valence-electron chi connectivity index (χ0n) is 16.1. The van der Waals surface area contributed by atoms with Gasteiger partial charge >= 0.3 is 0 Å². The van der Waals surface area contributed by atoms with Crippen molar-refractivity contribution in [2.45, 2.75) is 30.8 Å². The van der Waals surface area contributed by atoms with Gasteiger partial charge in [-0.1, -0.05) is 12.1 Å². The number of quaternary nitrogens is 1. The molecule has 2 saturated heterocycles. The Morgan fingerprint density at radius 2 is 2.04 bits per heavy atom. The van der Waals surface area contributed by atoms with E-state index in [4.69, 9.17) is 17.0 Å². The normalized spacial score (nSPS) is 21.5. The van der Waals surface area contributed by atoms with E-state index in [-0.39, 0.29) is 6.10 Å². The van der Waals surface area contributed by atoms with Crippen molar-refractivity contribution >= 4 is 33.1 Å². The van der Waals surface area contributed by atoms with E-state index < -0.39 is 10.0 Å². The average Bonchev–Trinajstić information content (AvgIpc) is 3.25. The molecule has 8 nitrogen and oxygen atoms in total. The van der Waals surface area contributed by atoms with Crippen LogP contribution in [0.2, 0.25) is 0 Å². The molecule has 2 fully saturated rings. The van der Waals surface area contributed by atoms with E-state index in [1.165, 1.54) is 0 Å². The molecular weight excluding hydrogens is 398 g/mol. The summed E-state index contributed by atoms with van der Waals surface area (Å²) in [5.41, 5.74) is 4.38. The van der Waals surface area contributed by atoms with E-state index in [0.29, 0.717) is 29.6 Å². The smallest absolute Gasteiger partial charge is 0.243 e. The number of nitrogens with zero attached hydrogens (tertiary/aromatic N) is 2. The number of hydrazone groups is 1. The first-order valence-corrected chi connectivity index (χ1v) is 11.4. The van der Waals surface area contributed by atoms with Crippen LogP contribution >= 0.6 is 12.2 Å². The van der Waals surface area contributed by atoms with Gasteiger partial charge in [-0.15, -0.1) is 0 Å². The minimum Gasteiger partial charge on any atom is -0.376 e. The highest BCUT2D eigenvalue weighted by atomic mass is 32.2. The summed E-state index contributed by atoms with van der Waals surface area (Å²) in [5.74, 6) is 0. The van der Waals surface area contributed by atoms with Crippen LogP contribution in [0.15, 0.2) is 34.3 Å². The van der Waals surface area contributed by atoms with Gasteiger partial charge < -0.3 is 15.4 Å². The Labute approximate surface area is 171 Å². The number of hydrogen-bond acceptors (Lipinski definition) is 5. The predicted octanol–water partition coefficient (Wildman–Crippen LogP) is -0.379. The molecule has 28 heavy (non-hydrogen) atoms. The van der Waals surface area contributed by atoms with Gasteiger partial charge in [-0.3, -0.25) is 5.43 Å². The molecule has 2 heterocycles. The Balaban J connectivity index is 1.55. The molecule has 10 heteroatoms. The first-order valence-electron chi connectivity index (χ1n) is 9.59. The van der Waals surface area contributed by atoms with Crippen molar-refractivity contribution < 1.29 is 18.5 Å². The number of piperazine rings is 1. The van der Waals surface area contributed by atoms with Gasteiger partial charge in [-0.25, -0.2) is 8.42 Å². The second-order valence-corrected chi connectivity index (χ2v) is 9.29. The third-order valence-electron chi connectivity index (χ3n) is 4.91. The number of nitrogens with one attached hydrogen (secondary N) is 2. The van der Waals surface area contributed by atoms with Crippen LogP contribution in [0.5, 0.6) is 0 Å². The fraction of sp³-hybridized carbons (Fsp3) is 0.556. The topological polar surface area (TPSA) is 99.6 Å². The van der Waals surface area contributed by atoms with Gasteiger partial charge in [0.15, 0.2) is 5.11 Å². The molecule has 0 unspecified atom stereocenters. The molecule has 0 bridgehead atoms. The minimum atomic E-state index is -3.43. The van der Waals surface area contributed by atoms with Crippen LogP contribution in [0.1, 0.15) is 25.3 Å². The molecule has 154 valence electrons. The molecule has 0 saturated carbocycles. The summed E-state index contributed by atoms with van der Waals surface area (Å²) in [6.45, 7) is 6.02. The standard InChI is InChI=1S/C18H27N5O3S2/c1-14(21-22-18(27)20-13-16-3-2-12-26-16)15-4-6-17(7-5-15)28(24,25)23-10-8-19-9-11-23/h4-7,16,19H,2-3,8-13H2,1H3,(H2,20,22,27)/p+1/b21-14-/t16-/m0/s1. The molecule has 1 atom stereocenters. The van der Waals surface area contributed by atoms with E-state index in [2.05, 4.69) is 21.2 Å². The van der Waals surface area contributed by atoms with Crippen LogP contribution in [0.3, 0.4) is 0 Å². The summed E-state index contributed by atoms with van der Waals surface area (Å²) >= 11 is 5.23. The van der Waals surface area contributed by atoms with E-state index in [1.807, 2.05) is 6.92 Å². The van der Waals surface area contributed by atoms with Gasteiger partial charge in [-0.05, 0) is 49.7 Å². The average molecular weight is 427 g/mol. The van der Waals surface area contributed by atoms with Crippen molar-refractivity contribution in [1.82, 2.24) is 15.0 Å². The number of ether oxygens (including phenoxy) is 1. The molecule has 4 N–H and O–H groups in total. The lowest BCUT2D eigenvalue weighted by Crippen LogP contribution is -2.89. The molecule has 0 aliphatic carbocycles. The number of sulfonamides is 1. The van der Waals surface area contributed by atoms with Gasteiger partial charge in [-0.2, -0.15) is 9.41 Å².